The first kappa shape index (κ1) is 15.1. The minimum absolute atomic E-state index is 0.103. The Morgan fingerprint density at radius 3 is 2.68 bits per heavy atom. The highest BCUT2D eigenvalue weighted by Gasteiger charge is 2.46. The number of hydrogen-bond acceptors (Lipinski definition) is 4. The predicted molar refractivity (Wildman–Crippen MR) is 87.1 cm³/mol. The van der Waals surface area contributed by atoms with Gasteiger partial charge in [0.25, 0.3) is 0 Å². The Hall–Kier alpha value is -1.81. The molecule has 3 rings (SSSR count). The Morgan fingerprint density at radius 2 is 2.05 bits per heavy atom. The Morgan fingerprint density at radius 1 is 1.32 bits per heavy atom. The Bertz CT molecular complexity index is 582. The van der Waals surface area contributed by atoms with Gasteiger partial charge in [-0.15, -0.1) is 0 Å². The van der Waals surface area contributed by atoms with Gasteiger partial charge in [0.05, 0.1) is 7.11 Å². The average molecular weight is 300 g/mol. The molecule has 118 valence electrons. The van der Waals surface area contributed by atoms with Crippen molar-refractivity contribution in [3.63, 3.8) is 0 Å². The van der Waals surface area contributed by atoms with E-state index in [0.29, 0.717) is 12.0 Å². The van der Waals surface area contributed by atoms with Gasteiger partial charge in [-0.3, -0.25) is 9.69 Å². The quantitative estimate of drug-likeness (QED) is 0.870. The molecule has 0 aliphatic carbocycles. The van der Waals surface area contributed by atoms with Crippen molar-refractivity contribution in [1.29, 1.82) is 0 Å². The summed E-state index contributed by atoms with van der Waals surface area (Å²) in [7, 11) is 3.45. The van der Waals surface area contributed by atoms with Crippen molar-refractivity contribution in [1.82, 2.24) is 10.2 Å². The van der Waals surface area contributed by atoms with Crippen molar-refractivity contribution in [2.75, 3.05) is 20.7 Å². The normalized spacial score (nSPS) is 28.4. The fraction of sp³-hybridized carbons (Fsp3) is 0.500. The van der Waals surface area contributed by atoms with Crippen LogP contribution >= 0.6 is 0 Å². The largest absolute Gasteiger partial charge is 0.468 e. The summed E-state index contributed by atoms with van der Waals surface area (Å²) in [6.07, 6.45) is 2.03. The number of esters is 1. The zero-order valence-electron chi connectivity index (χ0n) is 13.5. The number of nitrogens with zero attached hydrogens (tertiary/aromatic N) is 1. The number of methoxy groups -OCH3 is 1. The second-order valence-corrected chi connectivity index (χ2v) is 6.28. The lowest BCUT2D eigenvalue weighted by Gasteiger charge is -2.36. The van der Waals surface area contributed by atoms with Crippen molar-refractivity contribution in [3.8, 4) is 0 Å². The summed E-state index contributed by atoms with van der Waals surface area (Å²) in [5.74, 6) is 0.235. The van der Waals surface area contributed by atoms with Gasteiger partial charge in [0.1, 0.15) is 6.04 Å². The molecule has 1 saturated heterocycles. The highest BCUT2D eigenvalue weighted by molar-refractivity contribution is 5.78. The molecule has 1 N–H and O–H groups in total. The number of benzene rings is 1. The smallest absolute Gasteiger partial charge is 0.323 e. The Kier molecular flexibility index (Phi) is 4.21. The maximum Gasteiger partial charge on any atom is 0.323 e. The summed E-state index contributed by atoms with van der Waals surface area (Å²) in [5.41, 5.74) is 3.87. The molecule has 0 radical (unpaired) electrons. The lowest BCUT2D eigenvalue weighted by molar-refractivity contribution is -0.147. The molecule has 0 spiro atoms. The van der Waals surface area contributed by atoms with Crippen molar-refractivity contribution < 1.29 is 9.53 Å². The third-order valence-electron chi connectivity index (χ3n) is 5.02. The molecule has 22 heavy (non-hydrogen) atoms. The summed E-state index contributed by atoms with van der Waals surface area (Å²) in [4.78, 5) is 14.4. The molecule has 4 nitrogen and oxygen atoms in total. The zero-order chi connectivity index (χ0) is 15.7. The SMILES string of the molecule is CNC1=C(c2ccccc2)CC2CC(C)C(C(=O)OC)N2C1. The van der Waals surface area contributed by atoms with E-state index in [1.807, 2.05) is 13.1 Å². The van der Waals surface area contributed by atoms with Crippen LogP contribution in [0.5, 0.6) is 0 Å². The van der Waals surface area contributed by atoms with Crippen LogP contribution in [-0.2, 0) is 9.53 Å². The molecule has 1 aromatic rings. The van der Waals surface area contributed by atoms with Crippen LogP contribution in [0.2, 0.25) is 0 Å². The first-order chi connectivity index (χ1) is 10.7. The van der Waals surface area contributed by atoms with Crippen molar-refractivity contribution in [3.05, 3.63) is 41.6 Å². The number of likely N-dealkylation sites (N-methyl/N-ethyl adjacent to an activating group) is 1. The monoisotopic (exact) mass is 300 g/mol. The van der Waals surface area contributed by atoms with Gasteiger partial charge >= 0.3 is 5.97 Å². The van der Waals surface area contributed by atoms with Crippen LogP contribution < -0.4 is 5.32 Å². The number of rotatable bonds is 3. The predicted octanol–water partition coefficient (Wildman–Crippen LogP) is 2.27. The highest BCUT2D eigenvalue weighted by atomic mass is 16.5. The molecule has 4 heteroatoms. The average Bonchev–Trinajstić information content (AvgIpc) is 2.88. The van der Waals surface area contributed by atoms with E-state index in [2.05, 4.69) is 41.4 Å². The summed E-state index contributed by atoms with van der Waals surface area (Å²) in [5, 5.41) is 3.34. The lowest BCUT2D eigenvalue weighted by atomic mass is 9.91. The molecule has 3 atom stereocenters. The molecule has 2 aliphatic heterocycles. The number of hydrogen-bond donors (Lipinski definition) is 1. The van der Waals surface area contributed by atoms with Crippen LogP contribution in [0.3, 0.4) is 0 Å². The van der Waals surface area contributed by atoms with Gasteiger partial charge in [0.15, 0.2) is 0 Å². The van der Waals surface area contributed by atoms with E-state index in [-0.39, 0.29) is 12.0 Å². The summed E-state index contributed by atoms with van der Waals surface area (Å²) in [6, 6.07) is 10.8. The lowest BCUT2D eigenvalue weighted by Crippen LogP contribution is -2.47. The maximum atomic E-state index is 12.1. The second kappa shape index (κ2) is 6.13. The summed E-state index contributed by atoms with van der Waals surface area (Å²) in [6.45, 7) is 2.94. The first-order valence-electron chi connectivity index (χ1n) is 7.94. The minimum atomic E-state index is -0.115. The molecule has 0 saturated carbocycles. The third-order valence-corrected chi connectivity index (χ3v) is 5.02. The number of fused-ring (bicyclic) bond motifs is 1. The molecule has 0 amide bonds. The van der Waals surface area contributed by atoms with Gasteiger partial charge in [-0.1, -0.05) is 37.3 Å². The van der Waals surface area contributed by atoms with Crippen LogP contribution in [-0.4, -0.2) is 43.7 Å². The van der Waals surface area contributed by atoms with E-state index < -0.39 is 0 Å². The van der Waals surface area contributed by atoms with Crippen LogP contribution in [0.4, 0.5) is 0 Å². The van der Waals surface area contributed by atoms with Crippen molar-refractivity contribution in [2.45, 2.75) is 31.8 Å². The summed E-state index contributed by atoms with van der Waals surface area (Å²) < 4.78 is 5.02. The molecule has 0 aromatic heterocycles. The fourth-order valence-electron chi connectivity index (χ4n) is 3.96. The van der Waals surface area contributed by atoms with Crippen molar-refractivity contribution >= 4 is 11.5 Å². The van der Waals surface area contributed by atoms with Crippen LogP contribution in [0, 0.1) is 5.92 Å². The van der Waals surface area contributed by atoms with Gasteiger partial charge in [-0.25, -0.2) is 0 Å². The van der Waals surface area contributed by atoms with E-state index in [0.717, 1.165) is 19.4 Å². The summed E-state index contributed by atoms with van der Waals surface area (Å²) >= 11 is 0. The van der Waals surface area contributed by atoms with E-state index in [4.69, 9.17) is 4.74 Å². The van der Waals surface area contributed by atoms with Crippen molar-refractivity contribution in [2.24, 2.45) is 5.92 Å². The highest BCUT2D eigenvalue weighted by Crippen LogP contribution is 2.40. The molecular weight excluding hydrogens is 276 g/mol. The molecule has 1 aromatic carbocycles. The maximum absolute atomic E-state index is 12.1. The first-order valence-corrected chi connectivity index (χ1v) is 7.94. The Labute approximate surface area is 132 Å². The van der Waals surface area contributed by atoms with E-state index >= 15 is 0 Å². The molecule has 1 fully saturated rings. The van der Waals surface area contributed by atoms with Gasteiger partial charge in [-0.05, 0) is 29.9 Å². The number of carbonyl (C=O) groups is 1. The molecule has 2 heterocycles. The number of ether oxygens (including phenoxy) is 1. The standard InChI is InChI=1S/C18H24N2O2/c1-12-9-14-10-15(13-7-5-4-6-8-13)16(19-2)11-20(14)17(12)18(21)22-3/h4-8,12,14,17,19H,9-11H2,1-3H3. The fourth-order valence-corrected chi connectivity index (χ4v) is 3.96. The van der Waals surface area contributed by atoms with Gasteiger partial charge in [0.2, 0.25) is 0 Å². The third kappa shape index (κ3) is 2.52. The zero-order valence-corrected chi connectivity index (χ0v) is 13.5. The molecule has 3 unspecified atom stereocenters. The van der Waals surface area contributed by atoms with E-state index in [1.54, 1.807) is 0 Å². The van der Waals surface area contributed by atoms with Crippen LogP contribution in [0.25, 0.3) is 5.57 Å². The van der Waals surface area contributed by atoms with E-state index in [1.165, 1.54) is 23.9 Å². The minimum Gasteiger partial charge on any atom is -0.468 e. The second-order valence-electron chi connectivity index (χ2n) is 6.28. The van der Waals surface area contributed by atoms with E-state index in [9.17, 15) is 4.79 Å². The topological polar surface area (TPSA) is 41.6 Å². The molecular formula is C18H24N2O2. The molecule has 0 bridgehead atoms. The molecule has 2 aliphatic rings. The van der Waals surface area contributed by atoms with Crippen LogP contribution in [0.15, 0.2) is 36.0 Å². The number of carbonyl (C=O) groups excluding carboxylic acids is 1. The van der Waals surface area contributed by atoms with Crippen LogP contribution in [0.1, 0.15) is 25.3 Å². The van der Waals surface area contributed by atoms with Gasteiger partial charge < -0.3 is 10.1 Å². The van der Waals surface area contributed by atoms with Gasteiger partial charge in [0, 0.05) is 25.3 Å². The number of nitrogens with one attached hydrogen (secondary N) is 1. The Balaban J connectivity index is 1.92. The van der Waals surface area contributed by atoms with Gasteiger partial charge in [-0.2, -0.15) is 0 Å².